The molecule has 0 N–H and O–H groups in total. The normalized spacial score (nSPS) is 42.3. The third-order valence-corrected chi connectivity index (χ3v) is 11.4. The van der Waals surface area contributed by atoms with Gasteiger partial charge in [-0.1, -0.05) is 20.8 Å². The van der Waals surface area contributed by atoms with E-state index in [0.717, 1.165) is 44.9 Å². The van der Waals surface area contributed by atoms with Crippen LogP contribution < -0.4 is 0 Å². The molecule has 4 saturated carbocycles. The number of esters is 1. The molecule has 1 amide bonds. The van der Waals surface area contributed by atoms with Crippen molar-refractivity contribution in [3.63, 3.8) is 0 Å². The molecule has 4 aliphatic carbocycles. The van der Waals surface area contributed by atoms with E-state index in [-0.39, 0.29) is 58.8 Å². The van der Waals surface area contributed by atoms with Crippen LogP contribution >= 0.6 is 0 Å². The van der Waals surface area contributed by atoms with E-state index in [1.165, 1.54) is 6.92 Å². The van der Waals surface area contributed by atoms with Crippen LogP contribution in [-0.4, -0.2) is 60.8 Å². The number of ketones is 2. The van der Waals surface area contributed by atoms with Crippen molar-refractivity contribution in [1.29, 1.82) is 0 Å². The van der Waals surface area contributed by atoms with Crippen LogP contribution in [0.1, 0.15) is 85.5 Å². The van der Waals surface area contributed by atoms with Gasteiger partial charge >= 0.3 is 5.97 Å². The number of ether oxygens (including phenoxy) is 2. The number of morpholine rings is 1. The summed E-state index contributed by atoms with van der Waals surface area (Å²) in [5, 5.41) is 0. The number of nitrogens with zero attached hydrogens (tertiary/aromatic N) is 1. The molecule has 9 atom stereocenters. The third kappa shape index (κ3) is 4.68. The lowest BCUT2D eigenvalue weighted by atomic mass is 9.44. The van der Waals surface area contributed by atoms with Gasteiger partial charge < -0.3 is 14.4 Å². The van der Waals surface area contributed by atoms with Crippen LogP contribution in [0.5, 0.6) is 0 Å². The van der Waals surface area contributed by atoms with Crippen molar-refractivity contribution in [1.82, 2.24) is 4.90 Å². The number of rotatable bonds is 5. The first-order chi connectivity index (χ1) is 17.5. The predicted octanol–water partition coefficient (Wildman–Crippen LogP) is 4.21. The number of carbonyl (C=O) groups excluding carboxylic acids is 4. The largest absolute Gasteiger partial charge is 0.463 e. The summed E-state index contributed by atoms with van der Waals surface area (Å²) in [7, 11) is 0. The van der Waals surface area contributed by atoms with Crippen molar-refractivity contribution in [2.75, 3.05) is 26.3 Å². The summed E-state index contributed by atoms with van der Waals surface area (Å²) in [6, 6.07) is 0. The highest BCUT2D eigenvalue weighted by Crippen LogP contribution is 2.67. The van der Waals surface area contributed by atoms with Gasteiger partial charge in [-0.15, -0.1) is 0 Å². The number of hydrogen-bond acceptors (Lipinski definition) is 6. The van der Waals surface area contributed by atoms with Crippen molar-refractivity contribution < 1.29 is 28.7 Å². The Morgan fingerprint density at radius 2 is 1.78 bits per heavy atom. The smallest absolute Gasteiger partial charge is 0.302 e. The van der Waals surface area contributed by atoms with Gasteiger partial charge in [0.25, 0.3) is 5.91 Å². The van der Waals surface area contributed by atoms with E-state index in [1.54, 1.807) is 4.90 Å². The molecule has 5 rings (SSSR count). The summed E-state index contributed by atoms with van der Waals surface area (Å²) in [6.45, 7) is 10.2. The zero-order chi connectivity index (χ0) is 26.5. The number of fused-ring (bicyclic) bond motifs is 5. The van der Waals surface area contributed by atoms with Crippen molar-refractivity contribution in [3.05, 3.63) is 0 Å². The standard InChI is InChI=1S/C30H45NO6/c1-18(15-25(33)28(35)31-11-13-36-14-12-31)23-7-8-24-22-6-5-20-16-21(37-19(2)32)9-10-29(20,3)27(22)26(34)17-30(23,24)4/h18,20-24,27H,5-17H2,1-4H3/t18-,20?,21?,22+,23-,24+,27-,29+,30-/m1/s1. The lowest BCUT2D eigenvalue weighted by Crippen LogP contribution is -2.58. The first kappa shape index (κ1) is 26.8. The minimum absolute atomic E-state index is 0.00879. The second kappa shape index (κ2) is 10.1. The van der Waals surface area contributed by atoms with Crippen molar-refractivity contribution >= 4 is 23.4 Å². The predicted molar refractivity (Wildman–Crippen MR) is 137 cm³/mol. The molecule has 206 valence electrons. The molecule has 0 aromatic carbocycles. The highest BCUT2D eigenvalue weighted by Gasteiger charge is 2.63. The summed E-state index contributed by atoms with van der Waals surface area (Å²) in [5.74, 6) is 1.35. The Morgan fingerprint density at radius 1 is 1.05 bits per heavy atom. The molecular weight excluding hydrogens is 470 g/mol. The van der Waals surface area contributed by atoms with E-state index in [0.29, 0.717) is 56.3 Å². The van der Waals surface area contributed by atoms with Crippen LogP contribution in [-0.2, 0) is 28.7 Å². The van der Waals surface area contributed by atoms with Gasteiger partial charge in [0.1, 0.15) is 11.9 Å². The Hall–Kier alpha value is -1.76. The van der Waals surface area contributed by atoms with Gasteiger partial charge in [0.05, 0.1) is 13.2 Å². The molecule has 1 aliphatic heterocycles. The fraction of sp³-hybridized carbons (Fsp3) is 0.867. The number of amides is 1. The Labute approximate surface area is 221 Å². The Balaban J connectivity index is 1.28. The fourth-order valence-corrected chi connectivity index (χ4v) is 9.81. The molecule has 2 unspecified atom stereocenters. The van der Waals surface area contributed by atoms with Gasteiger partial charge in [0, 0.05) is 38.8 Å². The highest BCUT2D eigenvalue weighted by atomic mass is 16.5. The van der Waals surface area contributed by atoms with Crippen molar-refractivity contribution in [3.8, 4) is 0 Å². The monoisotopic (exact) mass is 515 g/mol. The first-order valence-corrected chi connectivity index (χ1v) is 14.6. The van der Waals surface area contributed by atoms with Crippen LogP contribution in [0.2, 0.25) is 0 Å². The van der Waals surface area contributed by atoms with E-state index in [2.05, 4.69) is 20.8 Å². The molecule has 37 heavy (non-hydrogen) atoms. The number of carbonyl (C=O) groups is 4. The minimum atomic E-state index is -0.370. The molecule has 5 fully saturated rings. The van der Waals surface area contributed by atoms with Crippen LogP contribution in [0.15, 0.2) is 0 Å². The van der Waals surface area contributed by atoms with Gasteiger partial charge in [-0.2, -0.15) is 0 Å². The zero-order valence-electron chi connectivity index (χ0n) is 23.1. The second-order valence-corrected chi connectivity index (χ2v) is 13.4. The quantitative estimate of drug-likeness (QED) is 0.403. The molecule has 7 heteroatoms. The van der Waals surface area contributed by atoms with E-state index in [9.17, 15) is 19.2 Å². The number of hydrogen-bond donors (Lipinski definition) is 0. The second-order valence-electron chi connectivity index (χ2n) is 13.4. The molecule has 5 aliphatic rings. The molecular formula is C30H45NO6. The summed E-state index contributed by atoms with van der Waals surface area (Å²) in [5.41, 5.74) is -0.111. The molecule has 0 bridgehead atoms. The SMILES string of the molecule is CC(=O)OC1CC[C@@]2(C)C(CC[C@H]3[C@@H]4CC[C@H]([C@H](C)CC(=O)C(=O)N5CCOCC5)[C@@]4(C)CC(=O)[C@@H]32)C1. The first-order valence-electron chi connectivity index (χ1n) is 14.6. The summed E-state index contributed by atoms with van der Waals surface area (Å²) >= 11 is 0. The topological polar surface area (TPSA) is 90.0 Å². The van der Waals surface area contributed by atoms with E-state index in [1.807, 2.05) is 0 Å². The maximum absolute atomic E-state index is 14.0. The molecule has 1 saturated heterocycles. The fourth-order valence-electron chi connectivity index (χ4n) is 9.81. The average molecular weight is 516 g/mol. The van der Waals surface area contributed by atoms with Gasteiger partial charge in [-0.3, -0.25) is 19.2 Å². The van der Waals surface area contributed by atoms with Gasteiger partial charge in [0.2, 0.25) is 5.78 Å². The van der Waals surface area contributed by atoms with Crippen LogP contribution in [0.25, 0.3) is 0 Å². The van der Waals surface area contributed by atoms with Crippen LogP contribution in [0.4, 0.5) is 0 Å². The lowest BCUT2D eigenvalue weighted by molar-refractivity contribution is -0.169. The average Bonchev–Trinajstić information content (AvgIpc) is 3.20. The Bertz CT molecular complexity index is 942. The third-order valence-electron chi connectivity index (χ3n) is 11.4. The Kier molecular flexibility index (Phi) is 7.32. The van der Waals surface area contributed by atoms with Gasteiger partial charge in [0.15, 0.2) is 0 Å². The van der Waals surface area contributed by atoms with E-state index >= 15 is 0 Å². The lowest BCUT2D eigenvalue weighted by Gasteiger charge is -2.60. The van der Waals surface area contributed by atoms with Crippen LogP contribution in [0.3, 0.4) is 0 Å². The molecule has 1 heterocycles. The Morgan fingerprint density at radius 3 is 2.49 bits per heavy atom. The molecule has 0 radical (unpaired) electrons. The molecule has 0 aromatic rings. The maximum Gasteiger partial charge on any atom is 0.302 e. The van der Waals surface area contributed by atoms with Gasteiger partial charge in [-0.25, -0.2) is 0 Å². The summed E-state index contributed by atoms with van der Waals surface area (Å²) in [4.78, 5) is 52.8. The highest BCUT2D eigenvalue weighted by molar-refractivity contribution is 6.36. The van der Waals surface area contributed by atoms with Crippen molar-refractivity contribution in [2.45, 2.75) is 91.6 Å². The molecule has 0 aromatic heterocycles. The summed E-state index contributed by atoms with van der Waals surface area (Å²) in [6.07, 6.45) is 7.85. The summed E-state index contributed by atoms with van der Waals surface area (Å²) < 4.78 is 10.9. The minimum Gasteiger partial charge on any atom is -0.463 e. The van der Waals surface area contributed by atoms with Crippen LogP contribution in [0, 0.1) is 46.3 Å². The van der Waals surface area contributed by atoms with Gasteiger partial charge in [-0.05, 0) is 85.4 Å². The van der Waals surface area contributed by atoms with Crippen molar-refractivity contribution in [2.24, 2.45) is 46.3 Å². The number of Topliss-reactive ketones (excluding diaryl/α,β-unsaturated/α-hetero) is 2. The maximum atomic E-state index is 14.0. The zero-order valence-corrected chi connectivity index (χ0v) is 23.1. The van der Waals surface area contributed by atoms with E-state index < -0.39 is 0 Å². The molecule has 7 nitrogen and oxygen atoms in total. The molecule has 0 spiro atoms. The van der Waals surface area contributed by atoms with E-state index in [4.69, 9.17) is 9.47 Å².